The van der Waals surface area contributed by atoms with Crippen LogP contribution in [0.15, 0.2) is 18.2 Å². The molecule has 1 heteroatoms. The van der Waals surface area contributed by atoms with Crippen molar-refractivity contribution in [2.45, 2.75) is 50.5 Å². The molecule has 1 fully saturated rings. The lowest BCUT2D eigenvalue weighted by molar-refractivity contribution is 0.406. The molecule has 1 saturated carbocycles. The summed E-state index contributed by atoms with van der Waals surface area (Å²) in [6.07, 6.45) is 8.30. The Balaban J connectivity index is 1.54. The van der Waals surface area contributed by atoms with Gasteiger partial charge in [0.1, 0.15) is 0 Å². The normalized spacial score (nSPS) is 30.4. The maximum absolute atomic E-state index is 3.81. The fraction of sp³-hybridized carbons (Fsp3) is 0.625. The Kier molecular flexibility index (Phi) is 2.29. The third-order valence-electron chi connectivity index (χ3n) is 4.88. The van der Waals surface area contributed by atoms with Crippen LogP contribution in [0.25, 0.3) is 0 Å². The molecular formula is C16H21N. The predicted molar refractivity (Wildman–Crippen MR) is 70.3 cm³/mol. The maximum atomic E-state index is 3.81. The van der Waals surface area contributed by atoms with Gasteiger partial charge >= 0.3 is 0 Å². The predicted octanol–water partition coefficient (Wildman–Crippen LogP) is 3.03. The van der Waals surface area contributed by atoms with Crippen molar-refractivity contribution in [2.75, 3.05) is 6.54 Å². The Morgan fingerprint density at radius 3 is 2.88 bits per heavy atom. The van der Waals surface area contributed by atoms with Gasteiger partial charge in [0.15, 0.2) is 0 Å². The van der Waals surface area contributed by atoms with E-state index in [-0.39, 0.29) is 0 Å². The summed E-state index contributed by atoms with van der Waals surface area (Å²) in [5, 5.41) is 3.81. The maximum Gasteiger partial charge on any atom is 0.0113 e. The zero-order valence-corrected chi connectivity index (χ0v) is 10.4. The molecule has 0 saturated heterocycles. The molecule has 0 heterocycles. The van der Waals surface area contributed by atoms with Gasteiger partial charge in [0, 0.05) is 6.04 Å². The van der Waals surface area contributed by atoms with Crippen LogP contribution in [-0.4, -0.2) is 12.6 Å². The highest BCUT2D eigenvalue weighted by Gasteiger charge is 2.33. The Morgan fingerprint density at radius 1 is 1.12 bits per heavy atom. The Bertz CT molecular complexity index is 433. The van der Waals surface area contributed by atoms with Crippen LogP contribution in [0.2, 0.25) is 0 Å². The summed E-state index contributed by atoms with van der Waals surface area (Å²) in [6, 6.07) is 7.72. The Morgan fingerprint density at radius 2 is 2.00 bits per heavy atom. The van der Waals surface area contributed by atoms with Crippen LogP contribution in [0.4, 0.5) is 0 Å². The van der Waals surface area contributed by atoms with E-state index in [1.165, 1.54) is 45.1 Å². The number of benzene rings is 1. The summed E-state index contributed by atoms with van der Waals surface area (Å²) in [5.41, 5.74) is 5.02. The van der Waals surface area contributed by atoms with E-state index in [2.05, 4.69) is 23.5 Å². The van der Waals surface area contributed by atoms with Crippen molar-refractivity contribution in [3.63, 3.8) is 0 Å². The lowest BCUT2D eigenvalue weighted by atomic mass is 9.81. The number of rotatable bonds is 3. The summed E-state index contributed by atoms with van der Waals surface area (Å²) < 4.78 is 0. The van der Waals surface area contributed by atoms with Crippen molar-refractivity contribution >= 4 is 0 Å². The average Bonchev–Trinajstić information content (AvgIpc) is 3.10. The van der Waals surface area contributed by atoms with Crippen LogP contribution in [-0.2, 0) is 12.8 Å². The lowest BCUT2D eigenvalue weighted by Gasteiger charge is -2.30. The highest BCUT2D eigenvalue weighted by molar-refractivity contribution is 5.44. The van der Waals surface area contributed by atoms with E-state index in [9.17, 15) is 0 Å². The van der Waals surface area contributed by atoms with Gasteiger partial charge in [-0.15, -0.1) is 0 Å². The summed E-state index contributed by atoms with van der Waals surface area (Å²) >= 11 is 0. The molecule has 4 rings (SSSR count). The number of hydrogen-bond acceptors (Lipinski definition) is 1. The molecule has 0 bridgehead atoms. The minimum Gasteiger partial charge on any atom is -0.313 e. The fourth-order valence-corrected chi connectivity index (χ4v) is 3.80. The van der Waals surface area contributed by atoms with E-state index < -0.39 is 0 Å². The van der Waals surface area contributed by atoms with Crippen LogP contribution in [0.5, 0.6) is 0 Å². The quantitative estimate of drug-likeness (QED) is 0.837. The van der Waals surface area contributed by atoms with Crippen molar-refractivity contribution < 1.29 is 0 Å². The molecule has 1 N–H and O–H groups in total. The van der Waals surface area contributed by atoms with Crippen LogP contribution >= 0.6 is 0 Å². The summed E-state index contributed by atoms with van der Waals surface area (Å²) in [6.45, 7) is 1.27. The third-order valence-corrected chi connectivity index (χ3v) is 4.88. The van der Waals surface area contributed by atoms with Gasteiger partial charge in [0.2, 0.25) is 0 Å². The lowest BCUT2D eigenvalue weighted by Crippen LogP contribution is -2.36. The fourth-order valence-electron chi connectivity index (χ4n) is 3.80. The first-order valence-corrected chi connectivity index (χ1v) is 7.24. The molecule has 1 nitrogen and oxygen atoms in total. The van der Waals surface area contributed by atoms with Gasteiger partial charge in [-0.3, -0.25) is 0 Å². The van der Waals surface area contributed by atoms with Crippen molar-refractivity contribution in [1.82, 2.24) is 5.32 Å². The van der Waals surface area contributed by atoms with Crippen LogP contribution < -0.4 is 5.32 Å². The van der Waals surface area contributed by atoms with Crippen molar-refractivity contribution in [2.24, 2.45) is 5.92 Å². The number of nitrogens with one attached hydrogen (secondary N) is 1. The van der Waals surface area contributed by atoms with Crippen LogP contribution in [0, 0.1) is 5.92 Å². The molecule has 0 spiro atoms. The van der Waals surface area contributed by atoms with Gasteiger partial charge in [-0.25, -0.2) is 0 Å². The van der Waals surface area contributed by atoms with Gasteiger partial charge in [-0.05, 0) is 73.6 Å². The zero-order valence-electron chi connectivity index (χ0n) is 10.4. The molecule has 3 aliphatic rings. The second kappa shape index (κ2) is 3.84. The third kappa shape index (κ3) is 1.81. The molecule has 0 aromatic heterocycles. The molecule has 0 unspecified atom stereocenters. The highest BCUT2D eigenvalue weighted by atomic mass is 14.9. The first-order chi connectivity index (χ1) is 8.40. The van der Waals surface area contributed by atoms with Gasteiger partial charge in [0.05, 0.1) is 0 Å². The molecule has 90 valence electrons. The molecule has 1 aromatic rings. The number of aryl methyl sites for hydroxylation is 1. The van der Waals surface area contributed by atoms with Crippen LogP contribution in [0.3, 0.4) is 0 Å². The zero-order chi connectivity index (χ0) is 11.2. The highest BCUT2D eigenvalue weighted by Crippen LogP contribution is 2.42. The molecule has 0 radical (unpaired) electrons. The van der Waals surface area contributed by atoms with Crippen molar-refractivity contribution in [3.8, 4) is 0 Å². The first kappa shape index (κ1) is 10.1. The van der Waals surface area contributed by atoms with E-state index in [1.807, 2.05) is 0 Å². The van der Waals surface area contributed by atoms with E-state index >= 15 is 0 Å². The SMILES string of the molecule is c1cc2c3c(c1)C[C@H](NCC1CC1)C[C@@H]3CC2. The number of hydrogen-bond donors (Lipinski definition) is 1. The van der Waals surface area contributed by atoms with Crippen LogP contribution in [0.1, 0.15) is 48.3 Å². The molecular weight excluding hydrogens is 206 g/mol. The summed E-state index contributed by atoms with van der Waals surface area (Å²) in [7, 11) is 0. The van der Waals surface area contributed by atoms with Gasteiger partial charge in [-0.1, -0.05) is 18.2 Å². The average molecular weight is 227 g/mol. The second-order valence-corrected chi connectivity index (χ2v) is 6.21. The van der Waals surface area contributed by atoms with Gasteiger partial charge in [-0.2, -0.15) is 0 Å². The summed E-state index contributed by atoms with van der Waals surface area (Å²) in [4.78, 5) is 0. The summed E-state index contributed by atoms with van der Waals surface area (Å²) in [5.74, 6) is 1.87. The minimum absolute atomic E-state index is 0.751. The smallest absolute Gasteiger partial charge is 0.0113 e. The Hall–Kier alpha value is -0.820. The van der Waals surface area contributed by atoms with E-state index in [1.54, 1.807) is 16.7 Å². The molecule has 0 amide bonds. The van der Waals surface area contributed by atoms with E-state index in [0.29, 0.717) is 0 Å². The largest absolute Gasteiger partial charge is 0.313 e. The monoisotopic (exact) mass is 227 g/mol. The standard InChI is InChI=1S/C16H21N/c1-2-12-6-7-14-9-15(17-10-11-4-5-11)8-13(3-1)16(12)14/h1-3,11,14-15,17H,4-10H2/t14-,15-/m0/s1. The second-order valence-electron chi connectivity index (χ2n) is 6.21. The van der Waals surface area contributed by atoms with Gasteiger partial charge in [0.25, 0.3) is 0 Å². The minimum atomic E-state index is 0.751. The first-order valence-electron chi connectivity index (χ1n) is 7.24. The van der Waals surface area contributed by atoms with E-state index in [0.717, 1.165) is 17.9 Å². The molecule has 0 aliphatic heterocycles. The van der Waals surface area contributed by atoms with Crippen molar-refractivity contribution in [3.05, 3.63) is 34.9 Å². The Labute approximate surface area is 104 Å². The van der Waals surface area contributed by atoms with E-state index in [4.69, 9.17) is 0 Å². The topological polar surface area (TPSA) is 12.0 Å². The molecule has 1 aromatic carbocycles. The molecule has 3 aliphatic carbocycles. The van der Waals surface area contributed by atoms with Crippen molar-refractivity contribution in [1.29, 1.82) is 0 Å². The molecule has 2 atom stereocenters. The molecule has 17 heavy (non-hydrogen) atoms. The van der Waals surface area contributed by atoms with Gasteiger partial charge < -0.3 is 5.32 Å².